The average molecular weight is 358 g/mol. The van der Waals surface area contributed by atoms with Crippen molar-refractivity contribution < 1.29 is 4.79 Å². The van der Waals surface area contributed by atoms with Gasteiger partial charge in [-0.1, -0.05) is 41.4 Å². The van der Waals surface area contributed by atoms with Gasteiger partial charge in [-0.15, -0.1) is 0 Å². The standard InChI is InChI=1S/C18H13Cl2N3O/c19-15-8-6-12(10-16(15)20)18(24)23-17-9-7-14(11-21-17)22-13-4-2-1-3-5-13/h1-11,22H,(H,21,23,24). The maximum Gasteiger partial charge on any atom is 0.256 e. The molecule has 1 heterocycles. The normalized spacial score (nSPS) is 10.2. The van der Waals surface area contributed by atoms with Crippen LogP contribution >= 0.6 is 23.2 Å². The number of pyridine rings is 1. The number of rotatable bonds is 4. The Hall–Kier alpha value is -2.56. The summed E-state index contributed by atoms with van der Waals surface area (Å²) in [7, 11) is 0. The van der Waals surface area contributed by atoms with E-state index in [1.807, 2.05) is 36.4 Å². The SMILES string of the molecule is O=C(Nc1ccc(Nc2ccccc2)cn1)c1ccc(Cl)c(Cl)c1. The predicted molar refractivity (Wildman–Crippen MR) is 98.4 cm³/mol. The Labute approximate surface area is 149 Å². The lowest BCUT2D eigenvalue weighted by Crippen LogP contribution is -2.12. The van der Waals surface area contributed by atoms with Crippen LogP contribution < -0.4 is 10.6 Å². The fourth-order valence-electron chi connectivity index (χ4n) is 2.06. The van der Waals surface area contributed by atoms with Crippen LogP contribution in [0.3, 0.4) is 0 Å². The summed E-state index contributed by atoms with van der Waals surface area (Å²) in [6.45, 7) is 0. The summed E-state index contributed by atoms with van der Waals surface area (Å²) in [6.07, 6.45) is 1.65. The molecule has 0 saturated heterocycles. The first-order chi connectivity index (χ1) is 11.6. The zero-order valence-corrected chi connectivity index (χ0v) is 14.0. The second-order valence-electron chi connectivity index (χ2n) is 5.01. The fourth-order valence-corrected chi connectivity index (χ4v) is 2.35. The lowest BCUT2D eigenvalue weighted by atomic mass is 10.2. The minimum absolute atomic E-state index is 0.301. The van der Waals surface area contributed by atoms with Crippen molar-refractivity contribution in [2.75, 3.05) is 10.6 Å². The van der Waals surface area contributed by atoms with E-state index in [0.717, 1.165) is 11.4 Å². The number of carbonyl (C=O) groups excluding carboxylic acids is 1. The molecule has 0 atom stereocenters. The average Bonchev–Trinajstić information content (AvgIpc) is 2.60. The number of hydrogen-bond acceptors (Lipinski definition) is 3. The Balaban J connectivity index is 1.67. The highest BCUT2D eigenvalue weighted by atomic mass is 35.5. The Bertz CT molecular complexity index is 852. The van der Waals surface area contributed by atoms with E-state index in [2.05, 4.69) is 15.6 Å². The number of nitrogens with one attached hydrogen (secondary N) is 2. The van der Waals surface area contributed by atoms with Crippen molar-refractivity contribution in [2.24, 2.45) is 0 Å². The fraction of sp³-hybridized carbons (Fsp3) is 0. The number of halogens is 2. The van der Waals surface area contributed by atoms with E-state index in [9.17, 15) is 4.79 Å². The van der Waals surface area contributed by atoms with E-state index in [0.29, 0.717) is 21.4 Å². The van der Waals surface area contributed by atoms with E-state index < -0.39 is 0 Å². The van der Waals surface area contributed by atoms with Gasteiger partial charge in [-0.2, -0.15) is 0 Å². The second kappa shape index (κ2) is 7.34. The van der Waals surface area contributed by atoms with Crippen molar-refractivity contribution >= 4 is 46.3 Å². The molecular weight excluding hydrogens is 345 g/mol. The van der Waals surface area contributed by atoms with Crippen LogP contribution in [0.15, 0.2) is 66.9 Å². The molecule has 0 aliphatic rings. The first-order valence-electron chi connectivity index (χ1n) is 7.16. The molecule has 0 unspecified atom stereocenters. The molecule has 1 amide bonds. The quantitative estimate of drug-likeness (QED) is 0.658. The van der Waals surface area contributed by atoms with Crippen LogP contribution in [0.2, 0.25) is 10.0 Å². The molecular formula is C18H13Cl2N3O. The number of benzene rings is 2. The molecule has 3 rings (SSSR count). The largest absolute Gasteiger partial charge is 0.354 e. The summed E-state index contributed by atoms with van der Waals surface area (Å²) in [5.41, 5.74) is 2.21. The highest BCUT2D eigenvalue weighted by Crippen LogP contribution is 2.23. The molecule has 0 aliphatic heterocycles. The maximum absolute atomic E-state index is 12.2. The van der Waals surface area contributed by atoms with Crippen LogP contribution in [0.5, 0.6) is 0 Å². The number of carbonyl (C=O) groups is 1. The third-order valence-corrected chi connectivity index (χ3v) is 3.99. The number of amides is 1. The van der Waals surface area contributed by atoms with Gasteiger partial charge in [-0.25, -0.2) is 4.98 Å². The van der Waals surface area contributed by atoms with Crippen molar-refractivity contribution in [3.8, 4) is 0 Å². The van der Waals surface area contributed by atoms with Crippen LogP contribution in [0.4, 0.5) is 17.2 Å². The van der Waals surface area contributed by atoms with E-state index in [4.69, 9.17) is 23.2 Å². The summed E-state index contributed by atoms with van der Waals surface area (Å²) < 4.78 is 0. The minimum atomic E-state index is -0.301. The Morgan fingerprint density at radius 3 is 2.33 bits per heavy atom. The van der Waals surface area contributed by atoms with Crippen LogP contribution in [-0.2, 0) is 0 Å². The molecule has 0 radical (unpaired) electrons. The number of aromatic nitrogens is 1. The zero-order chi connectivity index (χ0) is 16.9. The maximum atomic E-state index is 12.2. The van der Waals surface area contributed by atoms with Gasteiger partial charge in [-0.3, -0.25) is 4.79 Å². The number of hydrogen-bond donors (Lipinski definition) is 2. The molecule has 0 fully saturated rings. The number of anilines is 3. The Kier molecular flexibility index (Phi) is 4.99. The smallest absolute Gasteiger partial charge is 0.256 e. The topological polar surface area (TPSA) is 54.0 Å². The van der Waals surface area contributed by atoms with Gasteiger partial charge in [0.15, 0.2) is 0 Å². The molecule has 0 aliphatic carbocycles. The van der Waals surface area contributed by atoms with E-state index in [1.165, 1.54) is 6.07 Å². The molecule has 1 aromatic heterocycles. The van der Waals surface area contributed by atoms with E-state index in [1.54, 1.807) is 24.4 Å². The number of para-hydroxylation sites is 1. The van der Waals surface area contributed by atoms with Gasteiger partial charge in [-0.05, 0) is 42.5 Å². The van der Waals surface area contributed by atoms with E-state index >= 15 is 0 Å². The summed E-state index contributed by atoms with van der Waals surface area (Å²) in [5, 5.41) is 6.68. The zero-order valence-electron chi connectivity index (χ0n) is 12.5. The van der Waals surface area contributed by atoms with Gasteiger partial charge < -0.3 is 10.6 Å². The van der Waals surface area contributed by atoms with Crippen molar-refractivity contribution in [3.63, 3.8) is 0 Å². The summed E-state index contributed by atoms with van der Waals surface area (Å²) in [5.74, 6) is 0.148. The summed E-state index contributed by atoms with van der Waals surface area (Å²) in [6, 6.07) is 18.0. The third-order valence-electron chi connectivity index (χ3n) is 3.25. The first kappa shape index (κ1) is 16.3. The lowest BCUT2D eigenvalue weighted by Gasteiger charge is -2.08. The summed E-state index contributed by atoms with van der Waals surface area (Å²) in [4.78, 5) is 16.4. The van der Waals surface area contributed by atoms with Gasteiger partial charge in [0.05, 0.1) is 21.9 Å². The van der Waals surface area contributed by atoms with Crippen molar-refractivity contribution in [1.29, 1.82) is 0 Å². The molecule has 2 N–H and O–H groups in total. The summed E-state index contributed by atoms with van der Waals surface area (Å²) >= 11 is 11.8. The lowest BCUT2D eigenvalue weighted by molar-refractivity contribution is 0.102. The van der Waals surface area contributed by atoms with Crippen molar-refractivity contribution in [3.05, 3.63) is 82.5 Å². The van der Waals surface area contributed by atoms with Crippen LogP contribution in [0.25, 0.3) is 0 Å². The molecule has 0 saturated carbocycles. The van der Waals surface area contributed by atoms with Gasteiger partial charge in [0.2, 0.25) is 0 Å². The monoisotopic (exact) mass is 357 g/mol. The van der Waals surface area contributed by atoms with Crippen molar-refractivity contribution in [1.82, 2.24) is 4.98 Å². The van der Waals surface area contributed by atoms with Gasteiger partial charge in [0, 0.05) is 11.3 Å². The second-order valence-corrected chi connectivity index (χ2v) is 5.82. The first-order valence-corrected chi connectivity index (χ1v) is 7.92. The molecule has 0 bridgehead atoms. The number of nitrogens with zero attached hydrogens (tertiary/aromatic N) is 1. The highest BCUT2D eigenvalue weighted by Gasteiger charge is 2.09. The highest BCUT2D eigenvalue weighted by molar-refractivity contribution is 6.42. The molecule has 4 nitrogen and oxygen atoms in total. The van der Waals surface area contributed by atoms with Gasteiger partial charge in [0.25, 0.3) is 5.91 Å². The van der Waals surface area contributed by atoms with Crippen LogP contribution in [0.1, 0.15) is 10.4 Å². The molecule has 2 aromatic carbocycles. The third kappa shape index (κ3) is 4.04. The van der Waals surface area contributed by atoms with E-state index in [-0.39, 0.29) is 5.91 Å². The van der Waals surface area contributed by atoms with Gasteiger partial charge in [0.1, 0.15) is 5.82 Å². The molecule has 3 aromatic rings. The Morgan fingerprint density at radius 1 is 0.875 bits per heavy atom. The molecule has 24 heavy (non-hydrogen) atoms. The molecule has 6 heteroatoms. The predicted octanol–water partition coefficient (Wildman–Crippen LogP) is 5.38. The minimum Gasteiger partial charge on any atom is -0.354 e. The molecule has 0 spiro atoms. The molecule has 120 valence electrons. The Morgan fingerprint density at radius 2 is 1.67 bits per heavy atom. The van der Waals surface area contributed by atoms with Crippen LogP contribution in [-0.4, -0.2) is 10.9 Å². The van der Waals surface area contributed by atoms with Crippen LogP contribution in [0, 0.1) is 0 Å². The van der Waals surface area contributed by atoms with Gasteiger partial charge >= 0.3 is 0 Å². The van der Waals surface area contributed by atoms with Crippen molar-refractivity contribution in [2.45, 2.75) is 0 Å².